The van der Waals surface area contributed by atoms with Gasteiger partial charge in [-0.3, -0.25) is 4.79 Å². The Hall–Kier alpha value is -1.57. The molecule has 0 saturated carbocycles. The van der Waals surface area contributed by atoms with Crippen LogP contribution in [0.5, 0.6) is 0 Å². The summed E-state index contributed by atoms with van der Waals surface area (Å²) in [7, 11) is 3.80. The zero-order chi connectivity index (χ0) is 10.6. The summed E-state index contributed by atoms with van der Waals surface area (Å²) in [5, 5.41) is 0. The van der Waals surface area contributed by atoms with Gasteiger partial charge in [0.2, 0.25) is 0 Å². The third-order valence-corrected chi connectivity index (χ3v) is 1.88. The van der Waals surface area contributed by atoms with E-state index in [1.54, 1.807) is 0 Å². The summed E-state index contributed by atoms with van der Waals surface area (Å²) in [6.07, 6.45) is 2.70. The smallest absolute Gasteiger partial charge is 0.152 e. The highest BCUT2D eigenvalue weighted by Gasteiger charge is 2.00. The lowest BCUT2D eigenvalue weighted by atomic mass is 10.1. The lowest BCUT2D eigenvalue weighted by Crippen LogP contribution is -2.03. The predicted octanol–water partition coefficient (Wildman–Crippen LogP) is 2.10. The van der Waals surface area contributed by atoms with E-state index in [9.17, 15) is 4.79 Å². The van der Waals surface area contributed by atoms with E-state index in [0.717, 1.165) is 17.4 Å². The Morgan fingerprint density at radius 3 is 2.57 bits per heavy atom. The van der Waals surface area contributed by atoms with Crippen molar-refractivity contribution < 1.29 is 4.79 Å². The molecule has 1 aromatic rings. The molecule has 74 valence electrons. The van der Waals surface area contributed by atoms with Crippen LogP contribution < -0.4 is 0 Å². The standard InChI is InChI=1S/C12H15NO/c1-10-5-4-6-11(7-10)12(9-14)8-13(2)3/h4-9H,1-3H3/b12-8-. The van der Waals surface area contributed by atoms with Crippen molar-refractivity contribution in [3.63, 3.8) is 0 Å². The van der Waals surface area contributed by atoms with Crippen molar-refractivity contribution in [1.82, 2.24) is 4.90 Å². The Morgan fingerprint density at radius 2 is 2.07 bits per heavy atom. The molecule has 0 radical (unpaired) electrons. The number of aldehydes is 1. The highest BCUT2D eigenvalue weighted by molar-refractivity contribution is 6.06. The maximum absolute atomic E-state index is 10.9. The largest absolute Gasteiger partial charge is 0.383 e. The van der Waals surface area contributed by atoms with Crippen molar-refractivity contribution in [3.8, 4) is 0 Å². The SMILES string of the molecule is Cc1cccc(/C(C=O)=C\N(C)C)c1. The number of carbonyl (C=O) groups excluding carboxylic acids is 1. The van der Waals surface area contributed by atoms with Crippen molar-refractivity contribution in [3.05, 3.63) is 41.6 Å². The first-order valence-electron chi connectivity index (χ1n) is 4.54. The average molecular weight is 189 g/mol. The van der Waals surface area contributed by atoms with Crippen LogP contribution in [0.3, 0.4) is 0 Å². The van der Waals surface area contributed by atoms with E-state index in [0.29, 0.717) is 5.57 Å². The molecular weight excluding hydrogens is 174 g/mol. The molecule has 0 aliphatic carbocycles. The summed E-state index contributed by atoms with van der Waals surface area (Å²) in [5.74, 6) is 0. The summed E-state index contributed by atoms with van der Waals surface area (Å²) in [5.41, 5.74) is 2.83. The summed E-state index contributed by atoms with van der Waals surface area (Å²) in [6.45, 7) is 2.02. The predicted molar refractivity (Wildman–Crippen MR) is 58.9 cm³/mol. The van der Waals surface area contributed by atoms with E-state index < -0.39 is 0 Å². The van der Waals surface area contributed by atoms with E-state index in [4.69, 9.17) is 0 Å². The van der Waals surface area contributed by atoms with E-state index in [1.807, 2.05) is 56.4 Å². The second-order valence-electron chi connectivity index (χ2n) is 3.54. The summed E-state index contributed by atoms with van der Waals surface area (Å²) < 4.78 is 0. The molecule has 0 aromatic heterocycles. The molecule has 0 aliphatic rings. The topological polar surface area (TPSA) is 20.3 Å². The van der Waals surface area contributed by atoms with Crippen LogP contribution in [0.25, 0.3) is 5.57 Å². The van der Waals surface area contributed by atoms with Gasteiger partial charge >= 0.3 is 0 Å². The number of carbonyl (C=O) groups is 1. The fourth-order valence-electron chi connectivity index (χ4n) is 1.28. The molecule has 2 nitrogen and oxygen atoms in total. The number of hydrogen-bond donors (Lipinski definition) is 0. The Morgan fingerprint density at radius 1 is 1.36 bits per heavy atom. The minimum atomic E-state index is 0.707. The molecule has 0 bridgehead atoms. The second kappa shape index (κ2) is 4.61. The highest BCUT2D eigenvalue weighted by atomic mass is 16.1. The Balaban J connectivity index is 3.07. The number of benzene rings is 1. The van der Waals surface area contributed by atoms with Gasteiger partial charge in [0.1, 0.15) is 0 Å². The van der Waals surface area contributed by atoms with Gasteiger partial charge in [0.15, 0.2) is 6.29 Å². The van der Waals surface area contributed by atoms with Gasteiger partial charge in [0, 0.05) is 25.9 Å². The van der Waals surface area contributed by atoms with Gasteiger partial charge in [0.25, 0.3) is 0 Å². The molecule has 0 aliphatic heterocycles. The molecule has 0 atom stereocenters. The summed E-state index contributed by atoms with van der Waals surface area (Å²) >= 11 is 0. The molecule has 2 heteroatoms. The molecule has 0 fully saturated rings. The third kappa shape index (κ3) is 2.73. The van der Waals surface area contributed by atoms with Crippen molar-refractivity contribution >= 4 is 11.9 Å². The van der Waals surface area contributed by atoms with Crippen LogP contribution in [0.2, 0.25) is 0 Å². The van der Waals surface area contributed by atoms with Gasteiger partial charge in [-0.25, -0.2) is 0 Å². The van der Waals surface area contributed by atoms with Crippen molar-refractivity contribution in [1.29, 1.82) is 0 Å². The number of rotatable bonds is 3. The van der Waals surface area contributed by atoms with E-state index in [1.165, 1.54) is 0 Å². The van der Waals surface area contributed by atoms with E-state index >= 15 is 0 Å². The van der Waals surface area contributed by atoms with Crippen LogP contribution in [-0.4, -0.2) is 25.3 Å². The molecule has 0 amide bonds. The van der Waals surface area contributed by atoms with Crippen molar-refractivity contribution in [2.75, 3.05) is 14.1 Å². The fourth-order valence-corrected chi connectivity index (χ4v) is 1.28. The fraction of sp³-hybridized carbons (Fsp3) is 0.250. The Kier molecular flexibility index (Phi) is 3.46. The van der Waals surface area contributed by atoms with Crippen LogP contribution in [0.4, 0.5) is 0 Å². The number of allylic oxidation sites excluding steroid dienone is 1. The van der Waals surface area contributed by atoms with Crippen LogP contribution in [-0.2, 0) is 4.79 Å². The monoisotopic (exact) mass is 189 g/mol. The molecule has 0 unspecified atom stereocenters. The maximum Gasteiger partial charge on any atom is 0.152 e. The van der Waals surface area contributed by atoms with Crippen molar-refractivity contribution in [2.45, 2.75) is 6.92 Å². The number of hydrogen-bond acceptors (Lipinski definition) is 2. The zero-order valence-electron chi connectivity index (χ0n) is 8.82. The quantitative estimate of drug-likeness (QED) is 0.536. The van der Waals surface area contributed by atoms with E-state index in [2.05, 4.69) is 0 Å². The lowest BCUT2D eigenvalue weighted by molar-refractivity contribution is -0.103. The first-order chi connectivity index (χ1) is 6.63. The Bertz CT molecular complexity index is 353. The molecule has 14 heavy (non-hydrogen) atoms. The minimum Gasteiger partial charge on any atom is -0.383 e. The van der Waals surface area contributed by atoms with Gasteiger partial charge < -0.3 is 4.90 Å². The summed E-state index contributed by atoms with van der Waals surface area (Å²) in [6, 6.07) is 7.92. The average Bonchev–Trinajstić information content (AvgIpc) is 2.14. The molecule has 0 heterocycles. The Labute approximate surface area is 84.9 Å². The van der Waals surface area contributed by atoms with Gasteiger partial charge in [-0.15, -0.1) is 0 Å². The molecule has 1 rings (SSSR count). The molecule has 0 saturated heterocycles. The van der Waals surface area contributed by atoms with Crippen LogP contribution in [0, 0.1) is 6.92 Å². The van der Waals surface area contributed by atoms with Gasteiger partial charge in [-0.1, -0.05) is 29.8 Å². The van der Waals surface area contributed by atoms with Gasteiger partial charge in [-0.2, -0.15) is 0 Å². The maximum atomic E-state index is 10.9. The van der Waals surface area contributed by atoms with Crippen LogP contribution in [0.15, 0.2) is 30.5 Å². The molecule has 0 spiro atoms. The highest BCUT2D eigenvalue weighted by Crippen LogP contribution is 2.13. The van der Waals surface area contributed by atoms with E-state index in [-0.39, 0.29) is 0 Å². The lowest BCUT2D eigenvalue weighted by Gasteiger charge is -2.07. The van der Waals surface area contributed by atoms with Crippen LogP contribution in [0.1, 0.15) is 11.1 Å². The molecule has 0 N–H and O–H groups in total. The molecular formula is C12H15NO. The normalized spacial score (nSPS) is 11.2. The second-order valence-corrected chi connectivity index (χ2v) is 3.54. The van der Waals surface area contributed by atoms with Crippen LogP contribution >= 0.6 is 0 Å². The first kappa shape index (κ1) is 10.5. The number of aryl methyl sites for hydroxylation is 1. The first-order valence-corrected chi connectivity index (χ1v) is 4.54. The third-order valence-electron chi connectivity index (χ3n) is 1.88. The molecule has 1 aromatic carbocycles. The van der Waals surface area contributed by atoms with Gasteiger partial charge in [0.05, 0.1) is 0 Å². The minimum absolute atomic E-state index is 0.707. The summed E-state index contributed by atoms with van der Waals surface area (Å²) in [4.78, 5) is 12.7. The van der Waals surface area contributed by atoms with Crippen molar-refractivity contribution in [2.24, 2.45) is 0 Å². The van der Waals surface area contributed by atoms with Gasteiger partial charge in [-0.05, 0) is 12.5 Å². The zero-order valence-corrected chi connectivity index (χ0v) is 8.82. The number of nitrogens with zero attached hydrogens (tertiary/aromatic N) is 1.